The SMILES string of the molecule is C=C1NC=Cc2cc(-c3cncnc3)nc(Nc3ccc(C4CCNCC4)c(C(F)(F)F)c3)c21. The third-order valence-corrected chi connectivity index (χ3v) is 6.13. The van der Waals surface area contributed by atoms with Crippen LogP contribution in [-0.4, -0.2) is 28.0 Å². The fourth-order valence-corrected chi connectivity index (χ4v) is 4.49. The Kier molecular flexibility index (Phi) is 5.79. The number of fused-ring (bicyclic) bond motifs is 1. The molecule has 34 heavy (non-hydrogen) atoms. The number of halogens is 3. The number of pyridine rings is 1. The summed E-state index contributed by atoms with van der Waals surface area (Å²) in [6.07, 6.45) is 5.24. The summed E-state index contributed by atoms with van der Waals surface area (Å²) in [5, 5.41) is 9.37. The maximum atomic E-state index is 14.0. The van der Waals surface area contributed by atoms with Gasteiger partial charge >= 0.3 is 6.18 Å². The first-order chi connectivity index (χ1) is 16.4. The summed E-state index contributed by atoms with van der Waals surface area (Å²) in [6, 6.07) is 6.34. The summed E-state index contributed by atoms with van der Waals surface area (Å²) < 4.78 is 42.1. The molecule has 0 atom stereocenters. The fraction of sp³-hybridized carbons (Fsp3) is 0.240. The highest BCUT2D eigenvalue weighted by atomic mass is 19.4. The van der Waals surface area contributed by atoms with Crippen LogP contribution in [0.4, 0.5) is 24.7 Å². The molecule has 9 heteroatoms. The summed E-state index contributed by atoms with van der Waals surface area (Å²) in [6.45, 7) is 5.48. The predicted octanol–water partition coefficient (Wildman–Crippen LogP) is 5.31. The number of benzene rings is 1. The molecule has 3 aromatic rings. The highest BCUT2D eigenvalue weighted by Gasteiger charge is 2.36. The largest absolute Gasteiger partial charge is 0.416 e. The molecule has 0 radical (unpaired) electrons. The maximum Gasteiger partial charge on any atom is 0.416 e. The van der Waals surface area contributed by atoms with E-state index in [0.29, 0.717) is 52.4 Å². The molecule has 0 unspecified atom stereocenters. The third-order valence-electron chi connectivity index (χ3n) is 6.13. The molecule has 2 aliphatic heterocycles. The maximum absolute atomic E-state index is 14.0. The molecule has 1 fully saturated rings. The molecule has 3 N–H and O–H groups in total. The molecule has 0 aliphatic carbocycles. The van der Waals surface area contributed by atoms with Gasteiger partial charge in [0.25, 0.3) is 0 Å². The standard InChI is InChI=1S/C25H23F3N6/c1-15-23-17(6-9-32-15)10-22(18-12-30-14-31-13-18)34-24(23)33-19-2-3-20(16-4-7-29-8-5-16)21(11-19)25(26,27)28/h2-3,6,9-14,16,29,32H,1,4-5,7-8H2,(H,33,34). The van der Waals surface area contributed by atoms with Crippen LogP contribution in [0, 0.1) is 0 Å². The molecule has 174 valence electrons. The highest BCUT2D eigenvalue weighted by molar-refractivity contribution is 5.86. The van der Waals surface area contributed by atoms with Crippen molar-refractivity contribution in [3.8, 4) is 11.3 Å². The second-order valence-electron chi connectivity index (χ2n) is 8.35. The second-order valence-corrected chi connectivity index (χ2v) is 8.35. The van der Waals surface area contributed by atoms with E-state index < -0.39 is 11.7 Å². The number of piperidine rings is 1. The molecule has 0 spiro atoms. The van der Waals surface area contributed by atoms with E-state index in [0.717, 1.165) is 18.7 Å². The Labute approximate surface area is 195 Å². The number of hydrogen-bond donors (Lipinski definition) is 3. The smallest absolute Gasteiger partial charge is 0.362 e. The van der Waals surface area contributed by atoms with Crippen molar-refractivity contribution < 1.29 is 13.2 Å². The Morgan fingerprint density at radius 1 is 1.06 bits per heavy atom. The van der Waals surface area contributed by atoms with Crippen LogP contribution < -0.4 is 16.0 Å². The molecule has 0 saturated carbocycles. The molecular weight excluding hydrogens is 441 g/mol. The first-order valence-electron chi connectivity index (χ1n) is 11.0. The number of nitrogens with one attached hydrogen (secondary N) is 3. The van der Waals surface area contributed by atoms with Crippen LogP contribution >= 0.6 is 0 Å². The molecule has 1 aromatic carbocycles. The van der Waals surface area contributed by atoms with Crippen molar-refractivity contribution in [1.82, 2.24) is 25.6 Å². The van der Waals surface area contributed by atoms with Crippen LogP contribution in [0.3, 0.4) is 0 Å². The number of alkyl halides is 3. The summed E-state index contributed by atoms with van der Waals surface area (Å²) in [7, 11) is 0. The molecule has 2 aromatic heterocycles. The van der Waals surface area contributed by atoms with Crippen molar-refractivity contribution in [2.45, 2.75) is 24.9 Å². The first-order valence-corrected chi connectivity index (χ1v) is 11.0. The van der Waals surface area contributed by atoms with Gasteiger partial charge < -0.3 is 16.0 Å². The van der Waals surface area contributed by atoms with E-state index in [-0.39, 0.29) is 5.92 Å². The minimum Gasteiger partial charge on any atom is -0.362 e. The highest BCUT2D eigenvalue weighted by Crippen LogP contribution is 2.40. The van der Waals surface area contributed by atoms with Crippen molar-refractivity contribution in [3.05, 3.63) is 78.0 Å². The van der Waals surface area contributed by atoms with Crippen LogP contribution in [0.15, 0.2) is 55.8 Å². The van der Waals surface area contributed by atoms with Crippen molar-refractivity contribution in [3.63, 3.8) is 0 Å². The van der Waals surface area contributed by atoms with E-state index in [2.05, 4.69) is 32.5 Å². The van der Waals surface area contributed by atoms with Crippen LogP contribution in [0.2, 0.25) is 0 Å². The zero-order chi connectivity index (χ0) is 23.7. The van der Waals surface area contributed by atoms with E-state index in [1.54, 1.807) is 30.7 Å². The number of rotatable bonds is 4. The van der Waals surface area contributed by atoms with E-state index in [9.17, 15) is 13.2 Å². The molecule has 4 heterocycles. The Balaban J connectivity index is 1.57. The van der Waals surface area contributed by atoms with Gasteiger partial charge in [-0.2, -0.15) is 13.2 Å². The van der Waals surface area contributed by atoms with E-state index in [1.165, 1.54) is 12.4 Å². The average Bonchev–Trinajstić information content (AvgIpc) is 2.84. The van der Waals surface area contributed by atoms with Gasteiger partial charge in [0.05, 0.1) is 11.3 Å². The molecule has 1 saturated heterocycles. The van der Waals surface area contributed by atoms with Crippen LogP contribution in [-0.2, 0) is 6.18 Å². The predicted molar refractivity (Wildman–Crippen MR) is 126 cm³/mol. The summed E-state index contributed by atoms with van der Waals surface area (Å²) >= 11 is 0. The minimum absolute atomic E-state index is 0.117. The molecule has 2 aliphatic rings. The van der Waals surface area contributed by atoms with Gasteiger partial charge in [-0.1, -0.05) is 12.6 Å². The zero-order valence-electron chi connectivity index (χ0n) is 18.3. The third kappa shape index (κ3) is 4.38. The lowest BCUT2D eigenvalue weighted by Crippen LogP contribution is -2.27. The van der Waals surface area contributed by atoms with Gasteiger partial charge in [-0.05, 0) is 67.3 Å². The number of hydrogen-bond acceptors (Lipinski definition) is 6. The number of aromatic nitrogens is 3. The van der Waals surface area contributed by atoms with E-state index in [1.807, 2.05) is 12.1 Å². The lowest BCUT2D eigenvalue weighted by molar-refractivity contribution is -0.138. The van der Waals surface area contributed by atoms with Gasteiger partial charge in [-0.25, -0.2) is 15.0 Å². The topological polar surface area (TPSA) is 74.8 Å². The van der Waals surface area contributed by atoms with E-state index >= 15 is 0 Å². The lowest BCUT2D eigenvalue weighted by Gasteiger charge is -2.26. The van der Waals surface area contributed by atoms with Crippen molar-refractivity contribution in [1.29, 1.82) is 0 Å². The van der Waals surface area contributed by atoms with Gasteiger partial charge in [0.1, 0.15) is 12.1 Å². The van der Waals surface area contributed by atoms with Crippen molar-refractivity contribution in [2.24, 2.45) is 0 Å². The second kappa shape index (κ2) is 8.90. The summed E-state index contributed by atoms with van der Waals surface area (Å²) in [4.78, 5) is 12.8. The number of anilines is 2. The van der Waals surface area contributed by atoms with Crippen molar-refractivity contribution >= 4 is 23.3 Å². The Bertz CT molecular complexity index is 1250. The molecule has 0 amide bonds. The monoisotopic (exact) mass is 464 g/mol. The zero-order valence-corrected chi connectivity index (χ0v) is 18.3. The van der Waals surface area contributed by atoms with Crippen LogP contribution in [0.5, 0.6) is 0 Å². The molecule has 0 bridgehead atoms. The lowest BCUT2D eigenvalue weighted by atomic mass is 9.86. The quantitative estimate of drug-likeness (QED) is 0.486. The normalized spacial score (nSPS) is 16.1. The van der Waals surface area contributed by atoms with Gasteiger partial charge in [-0.3, -0.25) is 0 Å². The first kappa shape index (κ1) is 22.1. The van der Waals surface area contributed by atoms with Crippen LogP contribution in [0.25, 0.3) is 23.0 Å². The van der Waals surface area contributed by atoms with Gasteiger partial charge in [0, 0.05) is 41.1 Å². The van der Waals surface area contributed by atoms with Gasteiger partial charge in [0.15, 0.2) is 0 Å². The molecule has 6 nitrogen and oxygen atoms in total. The summed E-state index contributed by atoms with van der Waals surface area (Å²) in [5.41, 5.74) is 3.48. The molecule has 5 rings (SSSR count). The molecular formula is C25H23F3N6. The fourth-order valence-electron chi connectivity index (χ4n) is 4.49. The minimum atomic E-state index is -4.46. The van der Waals surface area contributed by atoms with Gasteiger partial charge in [-0.15, -0.1) is 0 Å². The Morgan fingerprint density at radius 3 is 2.56 bits per heavy atom. The van der Waals surface area contributed by atoms with Gasteiger partial charge in [0.2, 0.25) is 0 Å². The van der Waals surface area contributed by atoms with Crippen molar-refractivity contribution in [2.75, 3.05) is 18.4 Å². The Hall–Kier alpha value is -3.72. The summed E-state index contributed by atoms with van der Waals surface area (Å²) in [5.74, 6) is 0.286. The van der Waals surface area contributed by atoms with Crippen LogP contribution in [0.1, 0.15) is 41.0 Å². The van der Waals surface area contributed by atoms with E-state index in [4.69, 9.17) is 4.98 Å². The number of nitrogens with zero attached hydrogens (tertiary/aromatic N) is 3. The Morgan fingerprint density at radius 2 is 1.82 bits per heavy atom. The average molecular weight is 464 g/mol.